The van der Waals surface area contributed by atoms with Crippen molar-refractivity contribution in [1.29, 1.82) is 5.26 Å². The monoisotopic (exact) mass is 284 g/mol. The number of furan rings is 1. The molecule has 1 heterocycles. The number of carboxylic acid groups (broad SMARTS) is 1. The lowest BCUT2D eigenvalue weighted by Crippen LogP contribution is -2.21. The molecule has 1 aromatic carbocycles. The fourth-order valence-electron chi connectivity index (χ4n) is 2.07. The third-order valence-corrected chi connectivity index (χ3v) is 3.40. The van der Waals surface area contributed by atoms with Crippen LogP contribution in [0.25, 0.3) is 0 Å². The lowest BCUT2D eigenvalue weighted by atomic mass is 10.1. The Hall–Kier alpha value is -2.58. The van der Waals surface area contributed by atoms with Crippen molar-refractivity contribution in [1.82, 2.24) is 4.90 Å². The highest BCUT2D eigenvalue weighted by molar-refractivity contribution is 5.84. The molecule has 0 saturated heterocycles. The first-order chi connectivity index (χ1) is 10.0. The van der Waals surface area contributed by atoms with E-state index in [4.69, 9.17) is 14.8 Å². The molecule has 0 aliphatic rings. The number of nitriles is 1. The van der Waals surface area contributed by atoms with E-state index in [2.05, 4.69) is 6.07 Å². The Balaban J connectivity index is 2.09. The molecule has 5 heteroatoms. The van der Waals surface area contributed by atoms with Gasteiger partial charge in [-0.2, -0.15) is 5.26 Å². The number of carboxylic acids is 1. The average molecular weight is 284 g/mol. The molecule has 0 amide bonds. The van der Waals surface area contributed by atoms with Gasteiger partial charge in [0.05, 0.1) is 17.7 Å². The molecule has 2 rings (SSSR count). The quantitative estimate of drug-likeness (QED) is 0.913. The summed E-state index contributed by atoms with van der Waals surface area (Å²) in [7, 11) is 1.92. The van der Waals surface area contributed by atoms with Gasteiger partial charge < -0.3 is 9.52 Å². The van der Waals surface area contributed by atoms with Gasteiger partial charge in [0.15, 0.2) is 0 Å². The Morgan fingerprint density at radius 1 is 1.43 bits per heavy atom. The molecule has 1 aromatic heterocycles. The van der Waals surface area contributed by atoms with Crippen molar-refractivity contribution in [3.8, 4) is 6.07 Å². The molecule has 0 fully saturated rings. The van der Waals surface area contributed by atoms with E-state index in [1.165, 1.54) is 6.07 Å². The molecule has 0 radical (unpaired) electrons. The number of nitrogens with zero attached hydrogens (tertiary/aromatic N) is 2. The fourth-order valence-corrected chi connectivity index (χ4v) is 2.07. The number of hydrogen-bond acceptors (Lipinski definition) is 4. The first kappa shape index (κ1) is 14.8. The lowest BCUT2D eigenvalue weighted by Gasteiger charge is -2.23. The molecule has 1 unspecified atom stereocenters. The zero-order valence-corrected chi connectivity index (χ0v) is 11.9. The summed E-state index contributed by atoms with van der Waals surface area (Å²) in [5.41, 5.74) is 1.65. The minimum absolute atomic E-state index is 0.0586. The van der Waals surface area contributed by atoms with Gasteiger partial charge in [0.25, 0.3) is 0 Å². The summed E-state index contributed by atoms with van der Waals surface area (Å²) in [6.45, 7) is 2.58. The van der Waals surface area contributed by atoms with Crippen LogP contribution in [0.5, 0.6) is 0 Å². The molecule has 1 atom stereocenters. The van der Waals surface area contributed by atoms with E-state index in [-0.39, 0.29) is 11.8 Å². The molecular weight excluding hydrogens is 268 g/mol. The molecule has 5 nitrogen and oxygen atoms in total. The predicted molar refractivity (Wildman–Crippen MR) is 76.7 cm³/mol. The van der Waals surface area contributed by atoms with Crippen LogP contribution in [0.4, 0.5) is 0 Å². The highest BCUT2D eigenvalue weighted by Crippen LogP contribution is 2.23. The van der Waals surface area contributed by atoms with E-state index in [1.54, 1.807) is 12.1 Å². The largest absolute Gasteiger partial charge is 0.475 e. The van der Waals surface area contributed by atoms with Gasteiger partial charge in [-0.1, -0.05) is 12.1 Å². The third-order valence-electron chi connectivity index (χ3n) is 3.40. The Kier molecular flexibility index (Phi) is 4.41. The smallest absolute Gasteiger partial charge is 0.371 e. The van der Waals surface area contributed by atoms with Gasteiger partial charge in [0, 0.05) is 6.54 Å². The van der Waals surface area contributed by atoms with Crippen LogP contribution in [0.2, 0.25) is 0 Å². The summed E-state index contributed by atoms with van der Waals surface area (Å²) in [5, 5.41) is 17.8. The van der Waals surface area contributed by atoms with Crippen LogP contribution in [0.15, 0.2) is 40.8 Å². The fraction of sp³-hybridized carbons (Fsp3) is 0.250. The number of hydrogen-bond donors (Lipinski definition) is 1. The van der Waals surface area contributed by atoms with Crippen molar-refractivity contribution in [2.24, 2.45) is 0 Å². The maximum absolute atomic E-state index is 10.8. The van der Waals surface area contributed by atoms with Gasteiger partial charge in [0.2, 0.25) is 5.76 Å². The summed E-state index contributed by atoms with van der Waals surface area (Å²) in [4.78, 5) is 12.9. The van der Waals surface area contributed by atoms with E-state index in [1.807, 2.05) is 37.1 Å². The maximum Gasteiger partial charge on any atom is 0.371 e. The third kappa shape index (κ3) is 3.50. The topological polar surface area (TPSA) is 77.5 Å². The van der Waals surface area contributed by atoms with E-state index in [9.17, 15) is 4.79 Å². The SMILES string of the molecule is CC(c1ccc(C(=O)O)o1)N(C)Cc1cccc(C#N)c1. The van der Waals surface area contributed by atoms with Gasteiger partial charge in [-0.3, -0.25) is 4.90 Å². The second kappa shape index (κ2) is 6.25. The van der Waals surface area contributed by atoms with Gasteiger partial charge in [-0.15, -0.1) is 0 Å². The zero-order valence-electron chi connectivity index (χ0n) is 11.9. The summed E-state index contributed by atoms with van der Waals surface area (Å²) in [6, 6.07) is 12.6. The summed E-state index contributed by atoms with van der Waals surface area (Å²) >= 11 is 0. The van der Waals surface area contributed by atoms with Crippen molar-refractivity contribution in [2.75, 3.05) is 7.05 Å². The Labute approximate surface area is 123 Å². The van der Waals surface area contributed by atoms with Crippen LogP contribution >= 0.6 is 0 Å². The van der Waals surface area contributed by atoms with Crippen LogP contribution in [0, 0.1) is 11.3 Å². The van der Waals surface area contributed by atoms with Crippen molar-refractivity contribution in [2.45, 2.75) is 19.5 Å². The van der Waals surface area contributed by atoms with E-state index in [0.29, 0.717) is 17.9 Å². The van der Waals surface area contributed by atoms with E-state index < -0.39 is 5.97 Å². The molecule has 2 aromatic rings. The predicted octanol–water partition coefficient (Wildman–Crippen LogP) is 3.04. The van der Waals surface area contributed by atoms with Crippen LogP contribution < -0.4 is 0 Å². The summed E-state index contributed by atoms with van der Waals surface area (Å²) < 4.78 is 5.32. The van der Waals surface area contributed by atoms with Crippen molar-refractivity contribution in [3.05, 3.63) is 59.0 Å². The molecule has 108 valence electrons. The molecule has 21 heavy (non-hydrogen) atoms. The first-order valence-electron chi connectivity index (χ1n) is 6.53. The highest BCUT2D eigenvalue weighted by Gasteiger charge is 2.18. The second-order valence-corrected chi connectivity index (χ2v) is 4.91. The number of rotatable bonds is 5. The van der Waals surface area contributed by atoms with Gasteiger partial charge in [-0.25, -0.2) is 4.79 Å². The Morgan fingerprint density at radius 3 is 2.81 bits per heavy atom. The van der Waals surface area contributed by atoms with Crippen LogP contribution in [0.1, 0.15) is 40.4 Å². The number of aromatic carboxylic acids is 1. The molecule has 0 bridgehead atoms. The van der Waals surface area contributed by atoms with Gasteiger partial charge >= 0.3 is 5.97 Å². The second-order valence-electron chi connectivity index (χ2n) is 4.91. The number of carbonyl (C=O) groups is 1. The average Bonchev–Trinajstić information content (AvgIpc) is 2.96. The molecule has 0 aliphatic heterocycles. The van der Waals surface area contributed by atoms with E-state index >= 15 is 0 Å². The zero-order chi connectivity index (χ0) is 15.4. The molecule has 0 saturated carbocycles. The molecular formula is C16H16N2O3. The van der Waals surface area contributed by atoms with Crippen LogP contribution in [-0.2, 0) is 6.54 Å². The van der Waals surface area contributed by atoms with Crippen LogP contribution in [-0.4, -0.2) is 23.0 Å². The van der Waals surface area contributed by atoms with Crippen molar-refractivity contribution < 1.29 is 14.3 Å². The molecule has 1 N–H and O–H groups in total. The maximum atomic E-state index is 10.8. The minimum atomic E-state index is -1.07. The Bertz CT molecular complexity index is 685. The van der Waals surface area contributed by atoms with Gasteiger partial charge in [0.1, 0.15) is 5.76 Å². The standard InChI is InChI=1S/C16H16N2O3/c1-11(14-6-7-15(21-14)16(19)20)18(2)10-13-5-3-4-12(8-13)9-17/h3-8,11H,10H2,1-2H3,(H,19,20). The summed E-state index contributed by atoms with van der Waals surface area (Å²) in [6.07, 6.45) is 0. The Morgan fingerprint density at radius 2 is 2.19 bits per heavy atom. The normalized spacial score (nSPS) is 12.1. The summed E-state index contributed by atoms with van der Waals surface area (Å²) in [5.74, 6) is -0.527. The van der Waals surface area contributed by atoms with Crippen molar-refractivity contribution in [3.63, 3.8) is 0 Å². The van der Waals surface area contributed by atoms with Gasteiger partial charge in [-0.05, 0) is 43.8 Å². The number of benzene rings is 1. The first-order valence-corrected chi connectivity index (χ1v) is 6.53. The highest BCUT2D eigenvalue weighted by atomic mass is 16.4. The van der Waals surface area contributed by atoms with Crippen molar-refractivity contribution >= 4 is 5.97 Å². The minimum Gasteiger partial charge on any atom is -0.475 e. The molecule has 0 aliphatic carbocycles. The lowest BCUT2D eigenvalue weighted by molar-refractivity contribution is 0.0656. The molecule has 0 spiro atoms. The van der Waals surface area contributed by atoms with E-state index in [0.717, 1.165) is 5.56 Å². The van der Waals surface area contributed by atoms with Crippen LogP contribution in [0.3, 0.4) is 0 Å².